The van der Waals surface area contributed by atoms with Gasteiger partial charge in [0, 0.05) is 5.57 Å². The van der Waals surface area contributed by atoms with Gasteiger partial charge >= 0.3 is 119 Å². The first kappa shape index (κ1) is 30.2. The second kappa shape index (κ2) is 20.3. The number of epoxide rings is 1. The predicted molar refractivity (Wildman–Crippen MR) is 112 cm³/mol. The zero-order chi connectivity index (χ0) is 21.8. The molecule has 0 aromatic carbocycles. The van der Waals surface area contributed by atoms with Gasteiger partial charge in [0.25, 0.3) is 0 Å². The Morgan fingerprint density at radius 2 is 1.46 bits per heavy atom. The fourth-order valence-electron chi connectivity index (χ4n) is 2.19. The minimum atomic E-state index is -4.67. The maximum Gasteiger partial charge on any atom is 0.394 e. The minimum Gasteiger partial charge on any atom is -0.264 e. The molecule has 1 atom stereocenters. The molecule has 0 saturated carbocycles. The first-order valence-electron chi connectivity index (χ1n) is 10.3. The SMILES string of the molecule is C=C(C)C(=O)OCC1CO1.CCCCCCCCCCC[CH2][Na].O=S(=O)(O)O. The van der Waals surface area contributed by atoms with Gasteiger partial charge in [-0.25, -0.2) is 4.79 Å². The summed E-state index contributed by atoms with van der Waals surface area (Å²) in [5.74, 6) is -0.337. The number of unbranched alkanes of at least 4 members (excludes halogenated alkanes) is 9. The molecule has 28 heavy (non-hydrogen) atoms. The molecule has 1 fully saturated rings. The van der Waals surface area contributed by atoms with Gasteiger partial charge in [0.1, 0.15) is 12.7 Å². The molecule has 0 aromatic rings. The summed E-state index contributed by atoms with van der Waals surface area (Å²) in [6.07, 6.45) is 14.9. The smallest absolute Gasteiger partial charge is 0.264 e. The third kappa shape index (κ3) is 33.6. The predicted octanol–water partition coefficient (Wildman–Crippen LogP) is 4.35. The third-order valence-electron chi connectivity index (χ3n) is 3.86. The molecule has 2 N–H and O–H groups in total. The molecule has 162 valence electrons. The summed E-state index contributed by atoms with van der Waals surface area (Å²) in [5, 5.41) is 0. The van der Waals surface area contributed by atoms with E-state index in [4.69, 9.17) is 27.0 Å². The van der Waals surface area contributed by atoms with Crippen molar-refractivity contribution in [3.05, 3.63) is 12.2 Å². The summed E-state index contributed by atoms with van der Waals surface area (Å²) >= 11 is 1.41. The van der Waals surface area contributed by atoms with E-state index >= 15 is 0 Å². The summed E-state index contributed by atoms with van der Waals surface area (Å²) in [7, 11) is -4.67. The number of esters is 1. The second-order valence-corrected chi connectivity index (χ2v) is 8.86. The maximum atomic E-state index is 10.7. The Kier molecular flexibility index (Phi) is 21.9. The zero-order valence-corrected chi connectivity index (χ0v) is 20.6. The topological polar surface area (TPSA) is 113 Å². The van der Waals surface area contributed by atoms with E-state index in [9.17, 15) is 4.79 Å². The fourth-order valence-corrected chi connectivity index (χ4v) is 2.69. The molecule has 1 saturated heterocycles. The normalized spacial score (nSPS) is 14.9. The van der Waals surface area contributed by atoms with Crippen LogP contribution in [0.2, 0.25) is 3.67 Å². The zero-order valence-electron chi connectivity index (χ0n) is 17.8. The van der Waals surface area contributed by atoms with Crippen LogP contribution in [0.3, 0.4) is 0 Å². The van der Waals surface area contributed by atoms with Crippen molar-refractivity contribution in [2.45, 2.75) is 87.8 Å². The second-order valence-electron chi connectivity index (χ2n) is 6.96. The van der Waals surface area contributed by atoms with Gasteiger partial charge in [0.2, 0.25) is 0 Å². The van der Waals surface area contributed by atoms with Crippen molar-refractivity contribution in [3.8, 4) is 0 Å². The molecular weight excluding hydrogens is 395 g/mol. The van der Waals surface area contributed by atoms with Crippen LogP contribution in [0.1, 0.15) is 78.1 Å². The molecular formula is C19H37NaO7S. The van der Waals surface area contributed by atoms with E-state index in [1.807, 2.05) is 0 Å². The number of ether oxygens (including phenoxy) is 2. The Morgan fingerprint density at radius 1 is 1.07 bits per heavy atom. The molecule has 0 bridgehead atoms. The molecule has 0 aliphatic carbocycles. The maximum absolute atomic E-state index is 10.7. The van der Waals surface area contributed by atoms with Gasteiger partial charge < -0.3 is 9.47 Å². The van der Waals surface area contributed by atoms with E-state index in [1.165, 1.54) is 95.8 Å². The molecule has 9 heteroatoms. The molecule has 0 spiro atoms. The van der Waals surface area contributed by atoms with Gasteiger partial charge in [-0.3, -0.25) is 9.11 Å². The number of carbonyl (C=O) groups excluding carboxylic acids is 1. The Morgan fingerprint density at radius 3 is 1.79 bits per heavy atom. The number of rotatable bonds is 13. The molecule has 1 aliphatic heterocycles. The average molecular weight is 433 g/mol. The molecule has 1 unspecified atom stereocenters. The van der Waals surface area contributed by atoms with Crippen LogP contribution in [0.25, 0.3) is 0 Å². The van der Waals surface area contributed by atoms with E-state index in [-0.39, 0.29) is 12.1 Å². The van der Waals surface area contributed by atoms with Gasteiger partial charge in [0.05, 0.1) is 6.61 Å². The van der Waals surface area contributed by atoms with Crippen LogP contribution in [0, 0.1) is 0 Å². The Balaban J connectivity index is 0. The van der Waals surface area contributed by atoms with Crippen LogP contribution in [0.15, 0.2) is 12.2 Å². The monoisotopic (exact) mass is 432 g/mol. The Labute approximate surface area is 188 Å². The van der Waals surface area contributed by atoms with Crippen molar-refractivity contribution in [3.63, 3.8) is 0 Å². The first-order chi connectivity index (χ1) is 13.1. The van der Waals surface area contributed by atoms with Crippen molar-refractivity contribution < 1.29 is 31.8 Å². The van der Waals surface area contributed by atoms with E-state index in [0.29, 0.717) is 18.8 Å². The van der Waals surface area contributed by atoms with Crippen molar-refractivity contribution in [2.24, 2.45) is 0 Å². The quantitative estimate of drug-likeness (QED) is 0.111. The van der Waals surface area contributed by atoms with E-state index in [1.54, 1.807) is 6.92 Å². The summed E-state index contributed by atoms with van der Waals surface area (Å²) in [6.45, 7) is 8.42. The number of carbonyl (C=O) groups is 1. The standard InChI is InChI=1S/C12H25.C7H10O3.Na.H2O4S/c1-3-5-7-9-11-12-10-8-6-4-2;1-5(2)7(8)10-4-6-3-9-6;;1-5(2,3)4/h1,3-12H2,2H3;6H,1,3-4H2,2H3;;(H2,1,2,3,4). The largest absolute Gasteiger partial charge is 0.394 e. The van der Waals surface area contributed by atoms with Crippen molar-refractivity contribution >= 4 is 44.3 Å². The molecule has 1 rings (SSSR count). The van der Waals surface area contributed by atoms with Crippen LogP contribution in [-0.4, -0.2) is 70.7 Å². The summed E-state index contributed by atoms with van der Waals surface area (Å²) in [4.78, 5) is 10.7. The summed E-state index contributed by atoms with van der Waals surface area (Å²) < 4.78 is 42.7. The van der Waals surface area contributed by atoms with Crippen LogP contribution >= 0.6 is 0 Å². The fraction of sp³-hybridized carbons (Fsp3) is 0.842. The van der Waals surface area contributed by atoms with Crippen LogP contribution < -0.4 is 0 Å². The molecule has 0 amide bonds. The number of hydrogen-bond donors (Lipinski definition) is 2. The first-order valence-corrected chi connectivity index (χ1v) is 13.1. The third-order valence-corrected chi connectivity index (χ3v) is 4.57. The van der Waals surface area contributed by atoms with E-state index < -0.39 is 10.4 Å². The van der Waals surface area contributed by atoms with E-state index in [0.717, 1.165) is 0 Å². The van der Waals surface area contributed by atoms with Gasteiger partial charge in [-0.1, -0.05) is 6.58 Å². The molecule has 1 aliphatic rings. The van der Waals surface area contributed by atoms with Gasteiger partial charge in [-0.05, 0) is 6.92 Å². The molecule has 0 aromatic heterocycles. The van der Waals surface area contributed by atoms with Crippen molar-refractivity contribution in [2.75, 3.05) is 13.2 Å². The summed E-state index contributed by atoms with van der Waals surface area (Å²) in [6, 6.07) is 0. The minimum absolute atomic E-state index is 0.142. The summed E-state index contributed by atoms with van der Waals surface area (Å²) in [5.41, 5.74) is 0.431. The van der Waals surface area contributed by atoms with Crippen molar-refractivity contribution in [1.82, 2.24) is 0 Å². The van der Waals surface area contributed by atoms with Crippen LogP contribution in [0.5, 0.6) is 0 Å². The number of hydrogen-bond acceptors (Lipinski definition) is 5. The molecule has 0 radical (unpaired) electrons. The van der Waals surface area contributed by atoms with Gasteiger partial charge in [-0.15, -0.1) is 0 Å². The Hall–Kier alpha value is 0.0400. The van der Waals surface area contributed by atoms with E-state index in [2.05, 4.69) is 13.5 Å². The van der Waals surface area contributed by atoms with Crippen molar-refractivity contribution in [1.29, 1.82) is 0 Å². The average Bonchev–Trinajstić information content (AvgIpc) is 3.42. The Bertz CT molecular complexity index is 473. The molecule has 1 heterocycles. The molecule has 7 nitrogen and oxygen atoms in total. The van der Waals surface area contributed by atoms with Crippen LogP contribution in [0.4, 0.5) is 0 Å². The van der Waals surface area contributed by atoms with Gasteiger partial charge in [-0.2, -0.15) is 8.42 Å². The van der Waals surface area contributed by atoms with Crippen LogP contribution in [-0.2, 0) is 24.7 Å². The van der Waals surface area contributed by atoms with Gasteiger partial charge in [0.15, 0.2) is 0 Å².